The molecule has 0 aliphatic carbocycles. The summed E-state index contributed by atoms with van der Waals surface area (Å²) in [6.07, 6.45) is 5.12. The molecule has 1 aliphatic heterocycles. The van der Waals surface area contributed by atoms with Crippen LogP contribution in [0.2, 0.25) is 0 Å². The largest absolute Gasteiger partial charge is 0.478 e. The second-order valence-corrected chi connectivity index (χ2v) is 5.22. The second kappa shape index (κ2) is 4.81. The number of carbonyl (C=O) groups is 2. The fourth-order valence-electron chi connectivity index (χ4n) is 2.71. The van der Waals surface area contributed by atoms with Gasteiger partial charge in [-0.15, -0.1) is 0 Å². The normalized spacial score (nSPS) is 15.0. The van der Waals surface area contributed by atoms with Crippen LogP contribution in [0.1, 0.15) is 21.5 Å². The van der Waals surface area contributed by atoms with Gasteiger partial charge in [-0.1, -0.05) is 0 Å². The number of H-pyrrole nitrogens is 1. The molecular formula is C17H11N3O3. The lowest BCUT2D eigenvalue weighted by Crippen LogP contribution is -2.04. The van der Waals surface area contributed by atoms with Gasteiger partial charge in [-0.2, -0.15) is 0 Å². The van der Waals surface area contributed by atoms with E-state index in [9.17, 15) is 9.59 Å². The van der Waals surface area contributed by atoms with Gasteiger partial charge >= 0.3 is 5.97 Å². The van der Waals surface area contributed by atoms with E-state index in [-0.39, 0.29) is 11.5 Å². The van der Waals surface area contributed by atoms with Gasteiger partial charge in [-0.05, 0) is 36.4 Å². The number of hydrogen-bond acceptors (Lipinski definition) is 3. The molecule has 0 bridgehead atoms. The third-order valence-electron chi connectivity index (χ3n) is 3.83. The van der Waals surface area contributed by atoms with Gasteiger partial charge in [0.2, 0.25) is 0 Å². The second-order valence-electron chi connectivity index (χ2n) is 5.22. The van der Waals surface area contributed by atoms with Crippen molar-refractivity contribution in [2.45, 2.75) is 0 Å². The fourth-order valence-corrected chi connectivity index (χ4v) is 2.71. The number of nitrogens with one attached hydrogen (secondary N) is 2. The number of fused-ring (bicyclic) bond motifs is 2. The Kier molecular flexibility index (Phi) is 2.77. The van der Waals surface area contributed by atoms with Crippen molar-refractivity contribution in [3.8, 4) is 0 Å². The first-order valence-electron chi connectivity index (χ1n) is 6.96. The summed E-state index contributed by atoms with van der Waals surface area (Å²) >= 11 is 0. The van der Waals surface area contributed by atoms with Crippen molar-refractivity contribution in [3.63, 3.8) is 0 Å². The maximum Gasteiger partial charge on any atom is 0.335 e. The predicted octanol–water partition coefficient (Wildman–Crippen LogP) is 2.75. The number of carbonyl (C=O) groups excluding carboxylic acids is 1. The number of carboxylic acids is 1. The van der Waals surface area contributed by atoms with E-state index in [2.05, 4.69) is 15.3 Å². The number of rotatable bonds is 2. The molecule has 0 spiro atoms. The summed E-state index contributed by atoms with van der Waals surface area (Å²) in [5.74, 6) is -0.669. The van der Waals surface area contributed by atoms with Crippen LogP contribution in [0.4, 0.5) is 5.82 Å². The Balaban J connectivity index is 1.88. The van der Waals surface area contributed by atoms with Crippen LogP contribution in [0.15, 0.2) is 42.7 Å². The number of aromatic nitrogens is 2. The van der Waals surface area contributed by atoms with Crippen molar-refractivity contribution in [1.29, 1.82) is 0 Å². The first kappa shape index (κ1) is 13.3. The standard InChI is InChI=1S/C17H11N3O3/c21-16-13(11-2-1-5-18-15(11)20-16)7-10-8-19-14-4-3-9(17(22)23)6-12(10)14/h1-8,19H,(H,22,23)(H,18,20,21). The number of pyridine rings is 1. The summed E-state index contributed by atoms with van der Waals surface area (Å²) in [5, 5.41) is 12.6. The van der Waals surface area contributed by atoms with E-state index in [0.29, 0.717) is 11.4 Å². The molecule has 112 valence electrons. The van der Waals surface area contributed by atoms with Crippen LogP contribution in [0.25, 0.3) is 22.6 Å². The van der Waals surface area contributed by atoms with Crippen LogP contribution in [0.5, 0.6) is 0 Å². The molecule has 1 aliphatic rings. The van der Waals surface area contributed by atoms with Crippen LogP contribution >= 0.6 is 0 Å². The smallest absolute Gasteiger partial charge is 0.335 e. The summed E-state index contributed by atoms with van der Waals surface area (Å²) in [6.45, 7) is 0. The summed E-state index contributed by atoms with van der Waals surface area (Å²) in [4.78, 5) is 30.5. The highest BCUT2D eigenvalue weighted by Gasteiger charge is 2.25. The Labute approximate surface area is 130 Å². The number of amides is 1. The highest BCUT2D eigenvalue weighted by molar-refractivity contribution is 6.34. The van der Waals surface area contributed by atoms with Crippen molar-refractivity contribution in [3.05, 3.63) is 59.4 Å². The van der Waals surface area contributed by atoms with E-state index in [4.69, 9.17) is 5.11 Å². The third-order valence-corrected chi connectivity index (χ3v) is 3.83. The van der Waals surface area contributed by atoms with Crippen molar-refractivity contribution >= 4 is 40.2 Å². The van der Waals surface area contributed by atoms with Gasteiger partial charge in [-0.25, -0.2) is 9.78 Å². The van der Waals surface area contributed by atoms with E-state index in [1.54, 1.807) is 42.7 Å². The van der Waals surface area contributed by atoms with Crippen molar-refractivity contribution in [1.82, 2.24) is 9.97 Å². The minimum Gasteiger partial charge on any atom is -0.478 e. The zero-order chi connectivity index (χ0) is 16.0. The molecule has 23 heavy (non-hydrogen) atoms. The molecule has 2 aromatic heterocycles. The minimum atomic E-state index is -0.986. The van der Waals surface area contributed by atoms with Gasteiger partial charge in [0.1, 0.15) is 5.82 Å². The zero-order valence-corrected chi connectivity index (χ0v) is 11.8. The number of aromatic amines is 1. The predicted molar refractivity (Wildman–Crippen MR) is 86.0 cm³/mol. The lowest BCUT2D eigenvalue weighted by molar-refractivity contribution is -0.110. The van der Waals surface area contributed by atoms with E-state index in [0.717, 1.165) is 22.0 Å². The molecule has 0 saturated heterocycles. The van der Waals surface area contributed by atoms with E-state index >= 15 is 0 Å². The van der Waals surface area contributed by atoms with Crippen molar-refractivity contribution < 1.29 is 14.7 Å². The van der Waals surface area contributed by atoms with E-state index < -0.39 is 5.97 Å². The number of carboxylic acid groups (broad SMARTS) is 1. The van der Waals surface area contributed by atoms with Crippen molar-refractivity contribution in [2.75, 3.05) is 5.32 Å². The number of nitrogens with zero attached hydrogens (tertiary/aromatic N) is 1. The summed E-state index contributed by atoms with van der Waals surface area (Å²) < 4.78 is 0. The molecule has 6 nitrogen and oxygen atoms in total. The summed E-state index contributed by atoms with van der Waals surface area (Å²) in [5.41, 5.74) is 3.02. The van der Waals surface area contributed by atoms with Crippen LogP contribution in [-0.2, 0) is 4.79 Å². The quantitative estimate of drug-likeness (QED) is 0.634. The van der Waals surface area contributed by atoms with Gasteiger partial charge in [0.25, 0.3) is 5.91 Å². The minimum absolute atomic E-state index is 0.203. The zero-order valence-electron chi connectivity index (χ0n) is 11.8. The molecule has 3 aromatic rings. The number of anilines is 1. The average Bonchev–Trinajstić information content (AvgIpc) is 3.09. The Morgan fingerprint density at radius 3 is 2.96 bits per heavy atom. The van der Waals surface area contributed by atoms with Gasteiger partial charge < -0.3 is 15.4 Å². The molecule has 1 amide bonds. The lowest BCUT2D eigenvalue weighted by atomic mass is 10.0. The molecule has 0 fully saturated rings. The molecule has 3 heterocycles. The van der Waals surface area contributed by atoms with Crippen LogP contribution in [0.3, 0.4) is 0 Å². The Morgan fingerprint density at radius 2 is 2.13 bits per heavy atom. The number of aromatic carboxylic acids is 1. The van der Waals surface area contributed by atoms with Crippen LogP contribution < -0.4 is 5.32 Å². The van der Waals surface area contributed by atoms with Gasteiger partial charge in [-0.3, -0.25) is 4.79 Å². The Morgan fingerprint density at radius 1 is 1.26 bits per heavy atom. The molecule has 3 N–H and O–H groups in total. The molecule has 6 heteroatoms. The SMILES string of the molecule is O=C1Nc2ncccc2C1=Cc1c[nH]c2ccc(C(=O)O)cc12. The number of benzene rings is 1. The molecule has 0 atom stereocenters. The third kappa shape index (κ3) is 2.08. The monoisotopic (exact) mass is 305 g/mol. The van der Waals surface area contributed by atoms with Crippen LogP contribution in [-0.4, -0.2) is 27.0 Å². The first-order chi connectivity index (χ1) is 11.1. The highest BCUT2D eigenvalue weighted by Crippen LogP contribution is 2.32. The molecule has 0 unspecified atom stereocenters. The van der Waals surface area contributed by atoms with Crippen molar-refractivity contribution in [2.24, 2.45) is 0 Å². The summed E-state index contributed by atoms with van der Waals surface area (Å²) in [7, 11) is 0. The lowest BCUT2D eigenvalue weighted by Gasteiger charge is -1.98. The molecule has 4 rings (SSSR count). The molecule has 0 saturated carbocycles. The van der Waals surface area contributed by atoms with Gasteiger partial charge in [0.05, 0.1) is 11.1 Å². The van der Waals surface area contributed by atoms with Gasteiger partial charge in [0.15, 0.2) is 0 Å². The fraction of sp³-hybridized carbons (Fsp3) is 0. The van der Waals surface area contributed by atoms with E-state index in [1.165, 1.54) is 0 Å². The molecule has 1 aromatic carbocycles. The maximum atomic E-state index is 12.1. The number of hydrogen-bond donors (Lipinski definition) is 3. The Hall–Kier alpha value is -3.41. The van der Waals surface area contributed by atoms with Crippen LogP contribution in [0, 0.1) is 0 Å². The first-order valence-corrected chi connectivity index (χ1v) is 6.96. The van der Waals surface area contributed by atoms with E-state index in [1.807, 2.05) is 6.07 Å². The highest BCUT2D eigenvalue weighted by atomic mass is 16.4. The average molecular weight is 305 g/mol. The summed E-state index contributed by atoms with van der Waals surface area (Å²) in [6, 6.07) is 8.44. The Bertz CT molecular complexity index is 1000. The van der Waals surface area contributed by atoms with Gasteiger partial charge in [0, 0.05) is 34.4 Å². The topological polar surface area (TPSA) is 95.1 Å². The molecular weight excluding hydrogens is 294 g/mol. The molecule has 0 radical (unpaired) electrons. The maximum absolute atomic E-state index is 12.1.